The summed E-state index contributed by atoms with van der Waals surface area (Å²) in [6.45, 7) is 1.50. The van der Waals surface area contributed by atoms with E-state index in [2.05, 4.69) is 5.32 Å². The molecule has 2 atom stereocenters. The van der Waals surface area contributed by atoms with E-state index in [1.54, 1.807) is 0 Å². The Morgan fingerprint density at radius 2 is 1.56 bits per heavy atom. The van der Waals surface area contributed by atoms with Crippen LogP contribution in [0.1, 0.15) is 34.8 Å². The Labute approximate surface area is 194 Å². The lowest BCUT2D eigenvalue weighted by atomic mass is 9.94. The Hall–Kier alpha value is -3.81. The van der Waals surface area contributed by atoms with Crippen LogP contribution in [0.25, 0.3) is 11.1 Å². The number of benzene rings is 3. The van der Waals surface area contributed by atoms with Crippen LogP contribution in [0.4, 0.5) is 13.2 Å². The molecule has 0 saturated heterocycles. The fourth-order valence-corrected chi connectivity index (χ4v) is 3.64. The summed E-state index contributed by atoms with van der Waals surface area (Å²) in [5, 5.41) is 21.5. The van der Waals surface area contributed by atoms with E-state index in [-0.39, 0.29) is 12.0 Å². The van der Waals surface area contributed by atoms with Gasteiger partial charge in [0.05, 0.1) is 11.5 Å². The van der Waals surface area contributed by atoms with Crippen molar-refractivity contribution in [2.24, 2.45) is 5.92 Å². The number of phenols is 1. The quantitative estimate of drug-likeness (QED) is 0.403. The predicted octanol–water partition coefficient (Wildman–Crippen LogP) is 5.53. The molecule has 3 N–H and O–H groups in total. The minimum Gasteiger partial charge on any atom is -0.507 e. The molecule has 1 unspecified atom stereocenters. The van der Waals surface area contributed by atoms with Gasteiger partial charge in [-0.25, -0.2) is 0 Å². The van der Waals surface area contributed by atoms with Gasteiger partial charge in [0.2, 0.25) is 0 Å². The van der Waals surface area contributed by atoms with Crippen molar-refractivity contribution >= 4 is 11.9 Å². The molecule has 0 aliphatic carbocycles. The zero-order valence-electron chi connectivity index (χ0n) is 18.3. The zero-order chi connectivity index (χ0) is 24.9. The summed E-state index contributed by atoms with van der Waals surface area (Å²) in [6.07, 6.45) is -4.44. The first-order valence-corrected chi connectivity index (χ1v) is 10.6. The molecule has 0 fully saturated rings. The molecule has 34 heavy (non-hydrogen) atoms. The van der Waals surface area contributed by atoms with Gasteiger partial charge in [0.25, 0.3) is 5.91 Å². The normalized spacial score (nSPS) is 13.2. The molecule has 0 saturated carbocycles. The van der Waals surface area contributed by atoms with Crippen LogP contribution in [0.5, 0.6) is 5.75 Å². The second-order valence-electron chi connectivity index (χ2n) is 8.14. The summed E-state index contributed by atoms with van der Waals surface area (Å²) in [4.78, 5) is 24.1. The van der Waals surface area contributed by atoms with E-state index in [1.807, 2.05) is 54.6 Å². The first kappa shape index (κ1) is 24.8. The van der Waals surface area contributed by atoms with E-state index in [0.717, 1.165) is 28.8 Å². The Bertz CT molecular complexity index is 1140. The van der Waals surface area contributed by atoms with Gasteiger partial charge < -0.3 is 15.5 Å². The number of aromatic hydroxyl groups is 1. The summed E-state index contributed by atoms with van der Waals surface area (Å²) in [5.74, 6) is -3.57. The van der Waals surface area contributed by atoms with Gasteiger partial charge in [-0.3, -0.25) is 9.59 Å². The third-order valence-corrected chi connectivity index (χ3v) is 5.50. The lowest BCUT2D eigenvalue weighted by Crippen LogP contribution is -2.38. The van der Waals surface area contributed by atoms with Crippen molar-refractivity contribution in [3.05, 3.63) is 89.5 Å². The van der Waals surface area contributed by atoms with Gasteiger partial charge in [-0.05, 0) is 47.7 Å². The monoisotopic (exact) mass is 471 g/mol. The van der Waals surface area contributed by atoms with Crippen molar-refractivity contribution in [3.63, 3.8) is 0 Å². The number of carbonyl (C=O) groups excluding carboxylic acids is 1. The second kappa shape index (κ2) is 10.4. The van der Waals surface area contributed by atoms with Gasteiger partial charge >= 0.3 is 12.1 Å². The number of hydrogen-bond acceptors (Lipinski definition) is 3. The fraction of sp³-hybridized carbons (Fsp3) is 0.231. The van der Waals surface area contributed by atoms with Crippen molar-refractivity contribution in [2.45, 2.75) is 32.0 Å². The highest BCUT2D eigenvalue weighted by Gasteiger charge is 2.34. The Morgan fingerprint density at radius 3 is 2.15 bits per heavy atom. The molecule has 0 aliphatic rings. The molecule has 0 spiro atoms. The van der Waals surface area contributed by atoms with Crippen LogP contribution in [0, 0.1) is 5.92 Å². The highest BCUT2D eigenvalue weighted by molar-refractivity contribution is 5.94. The third kappa shape index (κ3) is 6.37. The minimum atomic E-state index is -4.82. The zero-order valence-corrected chi connectivity index (χ0v) is 18.3. The summed E-state index contributed by atoms with van der Waals surface area (Å²) >= 11 is 0. The maximum absolute atomic E-state index is 13.1. The molecule has 0 aromatic heterocycles. The number of carboxylic acids is 1. The smallest absolute Gasteiger partial charge is 0.419 e. The predicted molar refractivity (Wildman–Crippen MR) is 121 cm³/mol. The second-order valence-corrected chi connectivity index (χ2v) is 8.14. The number of rotatable bonds is 8. The van der Waals surface area contributed by atoms with Crippen LogP contribution in [-0.4, -0.2) is 28.1 Å². The van der Waals surface area contributed by atoms with Crippen molar-refractivity contribution in [3.8, 4) is 16.9 Å². The number of hydrogen-bond donors (Lipinski definition) is 3. The third-order valence-electron chi connectivity index (χ3n) is 5.50. The Balaban J connectivity index is 1.80. The molecular weight excluding hydrogens is 447 g/mol. The van der Waals surface area contributed by atoms with Crippen LogP contribution in [-0.2, 0) is 17.4 Å². The summed E-state index contributed by atoms with van der Waals surface area (Å²) in [5.41, 5.74) is 1.27. The SMILES string of the molecule is C[C@H](CC(Cc1ccc(-c2ccccc2)cc1)NC(=O)c1ccc(O)c(C(F)(F)F)c1)C(=O)O. The molecule has 3 rings (SSSR count). The van der Waals surface area contributed by atoms with E-state index in [0.29, 0.717) is 12.5 Å². The van der Waals surface area contributed by atoms with Gasteiger partial charge in [-0.15, -0.1) is 0 Å². The van der Waals surface area contributed by atoms with Crippen molar-refractivity contribution in [2.75, 3.05) is 0 Å². The number of carbonyl (C=O) groups is 2. The molecule has 0 radical (unpaired) electrons. The van der Waals surface area contributed by atoms with Crippen molar-refractivity contribution in [1.29, 1.82) is 0 Å². The van der Waals surface area contributed by atoms with Gasteiger partial charge in [0, 0.05) is 11.6 Å². The Kier molecular flexibility index (Phi) is 7.61. The van der Waals surface area contributed by atoms with Crippen LogP contribution in [0.15, 0.2) is 72.8 Å². The van der Waals surface area contributed by atoms with Crippen LogP contribution in [0.3, 0.4) is 0 Å². The van der Waals surface area contributed by atoms with E-state index < -0.39 is 41.3 Å². The lowest BCUT2D eigenvalue weighted by molar-refractivity contribution is -0.141. The van der Waals surface area contributed by atoms with E-state index in [4.69, 9.17) is 0 Å². The standard InChI is InChI=1S/C26H24F3NO4/c1-16(25(33)34)13-21(14-17-7-9-19(10-8-17)18-5-3-2-4-6-18)30-24(32)20-11-12-23(31)22(15-20)26(27,28)29/h2-12,15-16,21,31H,13-14H2,1H3,(H,30,32)(H,33,34)/t16-,21?/m1/s1. The molecule has 8 heteroatoms. The molecule has 1 amide bonds. The highest BCUT2D eigenvalue weighted by Crippen LogP contribution is 2.36. The number of amides is 1. The topological polar surface area (TPSA) is 86.6 Å². The molecule has 0 aliphatic heterocycles. The molecule has 5 nitrogen and oxygen atoms in total. The minimum absolute atomic E-state index is 0.0890. The highest BCUT2D eigenvalue weighted by atomic mass is 19.4. The van der Waals surface area contributed by atoms with Crippen LogP contribution < -0.4 is 5.32 Å². The Morgan fingerprint density at radius 1 is 0.941 bits per heavy atom. The van der Waals surface area contributed by atoms with E-state index >= 15 is 0 Å². The average molecular weight is 471 g/mol. The van der Waals surface area contributed by atoms with Crippen LogP contribution >= 0.6 is 0 Å². The van der Waals surface area contributed by atoms with Crippen molar-refractivity contribution < 1.29 is 33.0 Å². The molecule has 0 bridgehead atoms. The largest absolute Gasteiger partial charge is 0.507 e. The van der Waals surface area contributed by atoms with E-state index in [9.17, 15) is 33.0 Å². The van der Waals surface area contributed by atoms with Gasteiger partial charge in [0.15, 0.2) is 0 Å². The number of alkyl halides is 3. The number of aliphatic carboxylic acids is 1. The number of halogens is 3. The summed E-state index contributed by atoms with van der Waals surface area (Å²) < 4.78 is 39.3. The molecule has 3 aromatic carbocycles. The molecular formula is C26H24F3NO4. The number of carboxylic acid groups (broad SMARTS) is 1. The number of nitrogens with one attached hydrogen (secondary N) is 1. The van der Waals surface area contributed by atoms with Crippen molar-refractivity contribution in [1.82, 2.24) is 5.32 Å². The van der Waals surface area contributed by atoms with Crippen LogP contribution in [0.2, 0.25) is 0 Å². The fourth-order valence-electron chi connectivity index (χ4n) is 3.64. The van der Waals surface area contributed by atoms with Gasteiger partial charge in [0.1, 0.15) is 5.75 Å². The molecule has 3 aromatic rings. The first-order valence-electron chi connectivity index (χ1n) is 10.6. The maximum atomic E-state index is 13.1. The van der Waals surface area contributed by atoms with E-state index in [1.165, 1.54) is 6.92 Å². The summed E-state index contributed by atoms with van der Waals surface area (Å²) in [7, 11) is 0. The van der Waals surface area contributed by atoms with Gasteiger partial charge in [-0.1, -0.05) is 61.5 Å². The average Bonchev–Trinajstić information content (AvgIpc) is 2.79. The lowest BCUT2D eigenvalue weighted by Gasteiger charge is -2.21. The summed E-state index contributed by atoms with van der Waals surface area (Å²) in [6, 6.07) is 19.1. The first-order chi connectivity index (χ1) is 16.0. The molecule has 0 heterocycles. The van der Waals surface area contributed by atoms with Gasteiger partial charge in [-0.2, -0.15) is 13.2 Å². The molecule has 178 valence electrons. The number of phenolic OH excluding ortho intramolecular Hbond substituents is 1. The maximum Gasteiger partial charge on any atom is 0.419 e.